The molecule has 0 radical (unpaired) electrons. The minimum atomic E-state index is -0.529. The van der Waals surface area contributed by atoms with E-state index < -0.39 is 6.10 Å². The Morgan fingerprint density at radius 2 is 2.17 bits per heavy atom. The predicted octanol–water partition coefficient (Wildman–Crippen LogP) is 4.72. The van der Waals surface area contributed by atoms with E-state index in [-0.39, 0.29) is 6.10 Å². The standard InChI is InChI=1S/C13H10BrClO2S/c14-13-4-3-12(18-13)11-6-9(16)8-5-7(15)1-2-10(8)17-11/h1-5,9,11,16H,6H2/t9-,11?/m1/s1. The molecule has 0 saturated carbocycles. The summed E-state index contributed by atoms with van der Waals surface area (Å²) in [5.74, 6) is 0.715. The van der Waals surface area contributed by atoms with E-state index in [2.05, 4.69) is 15.9 Å². The number of hydrogen-bond donors (Lipinski definition) is 1. The zero-order chi connectivity index (χ0) is 12.7. The molecule has 94 valence electrons. The van der Waals surface area contributed by atoms with Crippen LogP contribution in [0.2, 0.25) is 5.02 Å². The van der Waals surface area contributed by atoms with E-state index in [1.54, 1.807) is 23.5 Å². The van der Waals surface area contributed by atoms with Gasteiger partial charge in [-0.3, -0.25) is 0 Å². The second-order valence-electron chi connectivity index (χ2n) is 4.18. The molecule has 2 atom stereocenters. The van der Waals surface area contributed by atoms with E-state index in [0.29, 0.717) is 17.2 Å². The quantitative estimate of drug-likeness (QED) is 0.810. The van der Waals surface area contributed by atoms with Gasteiger partial charge in [0.15, 0.2) is 0 Å². The van der Waals surface area contributed by atoms with Crippen molar-refractivity contribution in [1.82, 2.24) is 0 Å². The third-order valence-electron chi connectivity index (χ3n) is 2.95. The lowest BCUT2D eigenvalue weighted by Gasteiger charge is -2.29. The summed E-state index contributed by atoms with van der Waals surface area (Å²) in [6.45, 7) is 0. The Morgan fingerprint density at radius 1 is 1.33 bits per heavy atom. The number of aliphatic hydroxyl groups is 1. The maximum absolute atomic E-state index is 10.2. The van der Waals surface area contributed by atoms with Crippen LogP contribution in [-0.4, -0.2) is 5.11 Å². The second-order valence-corrected chi connectivity index (χ2v) is 7.11. The first-order chi connectivity index (χ1) is 8.63. The third-order valence-corrected chi connectivity index (χ3v) is 4.90. The first-order valence-electron chi connectivity index (χ1n) is 5.53. The van der Waals surface area contributed by atoms with E-state index in [0.717, 1.165) is 14.2 Å². The highest BCUT2D eigenvalue weighted by Gasteiger charge is 2.29. The van der Waals surface area contributed by atoms with E-state index >= 15 is 0 Å². The molecular weight excluding hydrogens is 336 g/mol. The van der Waals surface area contributed by atoms with Gasteiger partial charge in [0.05, 0.1) is 9.89 Å². The van der Waals surface area contributed by atoms with Crippen LogP contribution in [0.5, 0.6) is 5.75 Å². The Balaban J connectivity index is 1.94. The highest BCUT2D eigenvalue weighted by Crippen LogP contribution is 2.43. The van der Waals surface area contributed by atoms with Crippen molar-refractivity contribution in [3.63, 3.8) is 0 Å². The number of hydrogen-bond acceptors (Lipinski definition) is 3. The molecule has 0 amide bonds. The van der Waals surface area contributed by atoms with Crippen LogP contribution in [0, 0.1) is 0 Å². The Labute approximate surface area is 122 Å². The van der Waals surface area contributed by atoms with Gasteiger partial charge in [-0.05, 0) is 46.3 Å². The molecule has 0 spiro atoms. The smallest absolute Gasteiger partial charge is 0.136 e. The maximum atomic E-state index is 10.2. The maximum Gasteiger partial charge on any atom is 0.136 e. The van der Waals surface area contributed by atoms with Crippen molar-refractivity contribution in [3.8, 4) is 5.75 Å². The Bertz CT molecular complexity index is 584. The third kappa shape index (κ3) is 2.30. The van der Waals surface area contributed by atoms with Crippen molar-refractivity contribution in [3.05, 3.63) is 49.6 Å². The van der Waals surface area contributed by atoms with Crippen LogP contribution in [0.25, 0.3) is 0 Å². The summed E-state index contributed by atoms with van der Waals surface area (Å²) in [4.78, 5) is 1.11. The molecular formula is C13H10BrClO2S. The van der Waals surface area contributed by atoms with Gasteiger partial charge in [0.2, 0.25) is 0 Å². The number of benzene rings is 1. The van der Waals surface area contributed by atoms with Crippen LogP contribution in [-0.2, 0) is 0 Å². The number of ether oxygens (including phenoxy) is 1. The average molecular weight is 346 g/mol. The molecule has 2 heterocycles. The number of fused-ring (bicyclic) bond motifs is 1. The van der Waals surface area contributed by atoms with Gasteiger partial charge >= 0.3 is 0 Å². The van der Waals surface area contributed by atoms with Crippen LogP contribution in [0.4, 0.5) is 0 Å². The van der Waals surface area contributed by atoms with Gasteiger partial charge in [-0.2, -0.15) is 0 Å². The van der Waals surface area contributed by atoms with E-state index in [9.17, 15) is 5.11 Å². The Morgan fingerprint density at radius 3 is 2.89 bits per heavy atom. The zero-order valence-corrected chi connectivity index (χ0v) is 12.4. The fourth-order valence-corrected chi connectivity index (χ4v) is 3.74. The van der Waals surface area contributed by atoms with Crippen molar-refractivity contribution in [2.45, 2.75) is 18.6 Å². The normalized spacial score (nSPS) is 22.4. The van der Waals surface area contributed by atoms with Crippen molar-refractivity contribution < 1.29 is 9.84 Å². The molecule has 0 fully saturated rings. The molecule has 1 aromatic heterocycles. The second kappa shape index (κ2) is 4.85. The first-order valence-corrected chi connectivity index (χ1v) is 7.51. The molecule has 1 aliphatic rings. The average Bonchev–Trinajstić information content (AvgIpc) is 2.77. The topological polar surface area (TPSA) is 29.5 Å². The number of aliphatic hydroxyl groups excluding tert-OH is 1. The lowest BCUT2D eigenvalue weighted by Crippen LogP contribution is -2.18. The predicted molar refractivity (Wildman–Crippen MR) is 76.4 cm³/mol. The molecule has 0 aliphatic carbocycles. The van der Waals surface area contributed by atoms with Crippen molar-refractivity contribution in [1.29, 1.82) is 0 Å². The Kier molecular flexibility index (Phi) is 3.36. The van der Waals surface area contributed by atoms with Gasteiger partial charge in [-0.15, -0.1) is 11.3 Å². The van der Waals surface area contributed by atoms with Gasteiger partial charge in [0, 0.05) is 21.9 Å². The molecule has 18 heavy (non-hydrogen) atoms. The largest absolute Gasteiger partial charge is 0.484 e. The summed E-state index contributed by atoms with van der Waals surface area (Å²) in [5.41, 5.74) is 0.773. The fourth-order valence-electron chi connectivity index (χ4n) is 2.09. The number of rotatable bonds is 1. The monoisotopic (exact) mass is 344 g/mol. The molecule has 1 aliphatic heterocycles. The number of halogens is 2. The van der Waals surface area contributed by atoms with E-state index in [1.807, 2.05) is 18.2 Å². The summed E-state index contributed by atoms with van der Waals surface area (Å²) < 4.78 is 6.99. The molecule has 2 nitrogen and oxygen atoms in total. The molecule has 1 unspecified atom stereocenters. The highest BCUT2D eigenvalue weighted by molar-refractivity contribution is 9.11. The molecule has 2 aromatic rings. The van der Waals surface area contributed by atoms with Crippen molar-refractivity contribution in [2.24, 2.45) is 0 Å². The van der Waals surface area contributed by atoms with Crippen molar-refractivity contribution in [2.75, 3.05) is 0 Å². The summed E-state index contributed by atoms with van der Waals surface area (Å²) in [6, 6.07) is 9.37. The number of thiophene rings is 1. The van der Waals surface area contributed by atoms with Gasteiger partial charge in [0.1, 0.15) is 11.9 Å². The van der Waals surface area contributed by atoms with E-state index in [1.165, 1.54) is 0 Å². The minimum Gasteiger partial charge on any atom is -0.484 e. The van der Waals surface area contributed by atoms with Gasteiger partial charge in [0.25, 0.3) is 0 Å². The van der Waals surface area contributed by atoms with Crippen LogP contribution in [0.1, 0.15) is 29.1 Å². The van der Waals surface area contributed by atoms with Gasteiger partial charge in [-0.1, -0.05) is 11.6 Å². The molecule has 1 aromatic carbocycles. The first kappa shape index (κ1) is 12.5. The Hall–Kier alpha value is -0.550. The SMILES string of the molecule is O[C@@H]1CC(c2ccc(Br)s2)Oc2ccc(Cl)cc21. The summed E-state index contributed by atoms with van der Waals surface area (Å²) in [6.07, 6.45) is -0.0661. The van der Waals surface area contributed by atoms with Crippen molar-refractivity contribution >= 4 is 38.9 Å². The van der Waals surface area contributed by atoms with Crippen LogP contribution in [0.15, 0.2) is 34.1 Å². The minimum absolute atomic E-state index is 0.0926. The summed E-state index contributed by atoms with van der Waals surface area (Å²) >= 11 is 11.0. The summed E-state index contributed by atoms with van der Waals surface area (Å²) in [5, 5.41) is 10.8. The highest BCUT2D eigenvalue weighted by atomic mass is 79.9. The lowest BCUT2D eigenvalue weighted by atomic mass is 9.98. The molecule has 3 rings (SSSR count). The molecule has 5 heteroatoms. The van der Waals surface area contributed by atoms with Gasteiger partial charge < -0.3 is 9.84 Å². The van der Waals surface area contributed by atoms with Crippen LogP contribution in [0.3, 0.4) is 0 Å². The molecule has 1 N–H and O–H groups in total. The van der Waals surface area contributed by atoms with Crippen LogP contribution < -0.4 is 4.74 Å². The molecule has 0 saturated heterocycles. The lowest BCUT2D eigenvalue weighted by molar-refractivity contribution is 0.0674. The van der Waals surface area contributed by atoms with Crippen LogP contribution >= 0.6 is 38.9 Å². The van der Waals surface area contributed by atoms with Gasteiger partial charge in [-0.25, -0.2) is 0 Å². The summed E-state index contributed by atoms with van der Waals surface area (Å²) in [7, 11) is 0. The fraction of sp³-hybridized carbons (Fsp3) is 0.231. The van der Waals surface area contributed by atoms with E-state index in [4.69, 9.17) is 16.3 Å². The molecule has 0 bridgehead atoms. The zero-order valence-electron chi connectivity index (χ0n) is 9.27.